The van der Waals surface area contributed by atoms with Crippen molar-refractivity contribution in [3.05, 3.63) is 23.8 Å². The number of hydrogen-bond acceptors (Lipinski definition) is 4. The second-order valence-corrected chi connectivity index (χ2v) is 6.58. The molecule has 0 aliphatic rings. The Kier molecular flexibility index (Phi) is 2.90. The molecule has 0 aromatic heterocycles. The van der Waals surface area contributed by atoms with Crippen LogP contribution in [0.15, 0.2) is 28.0 Å². The van der Waals surface area contributed by atoms with Crippen molar-refractivity contribution >= 4 is 20.0 Å². The minimum atomic E-state index is -4.29. The molecule has 0 aliphatic heterocycles. The highest BCUT2D eigenvalue weighted by Gasteiger charge is 2.15. The van der Waals surface area contributed by atoms with E-state index in [1.54, 1.807) is 0 Å². The molecule has 15 heavy (non-hydrogen) atoms. The minimum absolute atomic E-state index is 0.0207. The van der Waals surface area contributed by atoms with E-state index in [0.717, 1.165) is 18.4 Å². The summed E-state index contributed by atoms with van der Waals surface area (Å²) in [6.07, 6.45) is 1.02. The fraction of sp³-hybridized carbons (Fsp3) is 0.250. The van der Waals surface area contributed by atoms with Gasteiger partial charge in [0.2, 0.25) is 0 Å². The average molecular weight is 250 g/mol. The van der Waals surface area contributed by atoms with E-state index in [2.05, 4.69) is 0 Å². The van der Waals surface area contributed by atoms with Crippen LogP contribution in [0.4, 0.5) is 0 Å². The molecule has 0 heterocycles. The monoisotopic (exact) mass is 250 g/mol. The summed E-state index contributed by atoms with van der Waals surface area (Å²) in [5, 5.41) is 0. The molecule has 0 bridgehead atoms. The molecule has 0 atom stereocenters. The van der Waals surface area contributed by atoms with Crippen LogP contribution in [0.3, 0.4) is 0 Å². The molecule has 0 saturated carbocycles. The van der Waals surface area contributed by atoms with Crippen LogP contribution in [0, 0.1) is 6.92 Å². The summed E-state index contributed by atoms with van der Waals surface area (Å²) in [7, 11) is -7.65. The lowest BCUT2D eigenvalue weighted by molar-refractivity contribution is 0.482. The van der Waals surface area contributed by atoms with Crippen LogP contribution in [-0.2, 0) is 20.0 Å². The van der Waals surface area contributed by atoms with E-state index in [0.29, 0.717) is 0 Å². The van der Waals surface area contributed by atoms with Crippen molar-refractivity contribution in [2.45, 2.75) is 16.7 Å². The molecular weight excluding hydrogens is 240 g/mol. The van der Waals surface area contributed by atoms with Crippen molar-refractivity contribution in [1.29, 1.82) is 0 Å². The summed E-state index contributed by atoms with van der Waals surface area (Å²) >= 11 is 0. The third kappa shape index (κ3) is 2.77. The minimum Gasteiger partial charge on any atom is -0.282 e. The first-order valence-corrected chi connectivity index (χ1v) is 7.24. The molecule has 1 aromatic carbocycles. The van der Waals surface area contributed by atoms with Crippen molar-refractivity contribution < 1.29 is 21.4 Å². The zero-order chi connectivity index (χ0) is 11.9. The molecule has 0 fully saturated rings. The van der Waals surface area contributed by atoms with Crippen LogP contribution >= 0.6 is 0 Å². The van der Waals surface area contributed by atoms with Crippen LogP contribution in [0.5, 0.6) is 0 Å². The Hall–Kier alpha value is -0.920. The van der Waals surface area contributed by atoms with Gasteiger partial charge in [0.05, 0.1) is 9.79 Å². The lowest BCUT2D eigenvalue weighted by atomic mass is 10.2. The summed E-state index contributed by atoms with van der Waals surface area (Å²) in [6.45, 7) is 1.41. The largest absolute Gasteiger partial charge is 0.294 e. The molecular formula is C8H10O5S2. The highest BCUT2D eigenvalue weighted by atomic mass is 32.2. The Balaban J connectivity index is 3.47. The van der Waals surface area contributed by atoms with E-state index in [9.17, 15) is 16.8 Å². The van der Waals surface area contributed by atoms with Gasteiger partial charge < -0.3 is 0 Å². The summed E-state index contributed by atoms with van der Waals surface area (Å²) in [4.78, 5) is -0.262. The van der Waals surface area contributed by atoms with E-state index in [-0.39, 0.29) is 15.4 Å². The molecule has 0 radical (unpaired) electrons. The predicted octanol–water partition coefficient (Wildman–Crippen LogP) is 0.645. The van der Waals surface area contributed by atoms with Gasteiger partial charge in [-0.1, -0.05) is 0 Å². The standard InChI is InChI=1S/C8H10O5S2/c1-6-5-7(14(2,9)10)3-4-8(6)15(11,12)13/h3-5H,1-2H3,(H,11,12,13). The number of benzene rings is 1. The van der Waals surface area contributed by atoms with Crippen LogP contribution in [0.25, 0.3) is 0 Å². The van der Waals surface area contributed by atoms with Crippen LogP contribution in [0.2, 0.25) is 0 Å². The van der Waals surface area contributed by atoms with E-state index < -0.39 is 20.0 Å². The predicted molar refractivity (Wildman–Crippen MR) is 54.1 cm³/mol. The van der Waals surface area contributed by atoms with Crippen molar-refractivity contribution in [2.75, 3.05) is 6.26 Å². The highest BCUT2D eigenvalue weighted by Crippen LogP contribution is 2.19. The van der Waals surface area contributed by atoms with Gasteiger partial charge in [0.1, 0.15) is 0 Å². The molecule has 0 amide bonds. The fourth-order valence-electron chi connectivity index (χ4n) is 1.14. The lowest BCUT2D eigenvalue weighted by Crippen LogP contribution is -2.03. The van der Waals surface area contributed by atoms with E-state index in [4.69, 9.17) is 4.55 Å². The summed E-state index contributed by atoms with van der Waals surface area (Å²) in [5.41, 5.74) is 0.195. The Morgan fingerprint density at radius 1 is 1.13 bits per heavy atom. The number of hydrogen-bond donors (Lipinski definition) is 1. The van der Waals surface area contributed by atoms with Gasteiger partial charge >= 0.3 is 0 Å². The van der Waals surface area contributed by atoms with Gasteiger partial charge in [0, 0.05) is 6.26 Å². The van der Waals surface area contributed by atoms with Crippen LogP contribution in [-0.4, -0.2) is 27.6 Å². The highest BCUT2D eigenvalue weighted by molar-refractivity contribution is 7.90. The first kappa shape index (κ1) is 12.2. The van der Waals surface area contributed by atoms with Gasteiger partial charge in [0.15, 0.2) is 9.84 Å². The summed E-state index contributed by atoms with van der Waals surface area (Å²) in [6, 6.07) is 3.42. The molecule has 0 aliphatic carbocycles. The van der Waals surface area contributed by atoms with Crippen LogP contribution < -0.4 is 0 Å². The lowest BCUT2D eigenvalue weighted by Gasteiger charge is -2.04. The average Bonchev–Trinajstić information content (AvgIpc) is 1.99. The Morgan fingerprint density at radius 3 is 2.00 bits per heavy atom. The quantitative estimate of drug-likeness (QED) is 0.778. The van der Waals surface area contributed by atoms with Crippen molar-refractivity contribution in [3.63, 3.8) is 0 Å². The second-order valence-electron chi connectivity index (χ2n) is 3.17. The van der Waals surface area contributed by atoms with E-state index >= 15 is 0 Å². The molecule has 84 valence electrons. The maximum Gasteiger partial charge on any atom is 0.294 e. The molecule has 1 aromatic rings. The number of sulfone groups is 1. The van der Waals surface area contributed by atoms with Gasteiger partial charge in [-0.2, -0.15) is 8.42 Å². The molecule has 0 unspecified atom stereocenters. The van der Waals surface area contributed by atoms with Gasteiger partial charge in [-0.05, 0) is 30.7 Å². The van der Waals surface area contributed by atoms with E-state index in [1.807, 2.05) is 0 Å². The first-order valence-electron chi connectivity index (χ1n) is 3.90. The van der Waals surface area contributed by atoms with Gasteiger partial charge in [-0.15, -0.1) is 0 Å². The summed E-state index contributed by atoms with van der Waals surface area (Å²) < 4.78 is 52.7. The second kappa shape index (κ2) is 3.58. The van der Waals surface area contributed by atoms with Gasteiger partial charge in [-0.3, -0.25) is 4.55 Å². The maximum absolute atomic E-state index is 11.1. The van der Waals surface area contributed by atoms with E-state index in [1.165, 1.54) is 13.0 Å². The van der Waals surface area contributed by atoms with Crippen molar-refractivity contribution in [3.8, 4) is 0 Å². The molecule has 7 heteroatoms. The Bertz CT molecular complexity index is 583. The molecule has 1 rings (SSSR count). The molecule has 5 nitrogen and oxygen atoms in total. The maximum atomic E-state index is 11.1. The Labute approximate surface area is 88.4 Å². The van der Waals surface area contributed by atoms with Gasteiger partial charge in [0.25, 0.3) is 10.1 Å². The third-order valence-corrected chi connectivity index (χ3v) is 3.98. The van der Waals surface area contributed by atoms with Crippen LogP contribution in [0.1, 0.15) is 5.56 Å². The Morgan fingerprint density at radius 2 is 1.67 bits per heavy atom. The molecule has 0 saturated heterocycles. The number of aryl methyl sites for hydroxylation is 1. The normalized spacial score (nSPS) is 12.7. The fourth-order valence-corrected chi connectivity index (χ4v) is 2.55. The zero-order valence-electron chi connectivity index (χ0n) is 8.13. The zero-order valence-corrected chi connectivity index (χ0v) is 9.76. The van der Waals surface area contributed by atoms with Crippen molar-refractivity contribution in [1.82, 2.24) is 0 Å². The molecule has 1 N–H and O–H groups in total. The topological polar surface area (TPSA) is 88.5 Å². The smallest absolute Gasteiger partial charge is 0.282 e. The number of rotatable bonds is 2. The van der Waals surface area contributed by atoms with Crippen molar-refractivity contribution in [2.24, 2.45) is 0 Å². The summed E-state index contributed by atoms with van der Waals surface area (Å²) in [5.74, 6) is 0. The van der Waals surface area contributed by atoms with Gasteiger partial charge in [-0.25, -0.2) is 8.42 Å². The SMILES string of the molecule is Cc1cc(S(C)(=O)=O)ccc1S(=O)(=O)O. The molecule has 0 spiro atoms. The third-order valence-electron chi connectivity index (χ3n) is 1.85. The first-order chi connectivity index (χ1) is 6.62.